The van der Waals surface area contributed by atoms with Gasteiger partial charge in [-0.05, 0) is 24.3 Å². The smallest absolute Gasteiger partial charge is 0.149 e. The molecule has 0 bridgehead atoms. The van der Waals surface area contributed by atoms with E-state index in [0.717, 1.165) is 0 Å². The molecule has 2 rings (SSSR count). The van der Waals surface area contributed by atoms with E-state index >= 15 is 0 Å². The van der Waals surface area contributed by atoms with Crippen LogP contribution in [0.1, 0.15) is 0 Å². The van der Waals surface area contributed by atoms with Crippen molar-refractivity contribution in [3.05, 3.63) is 42.5 Å². The maximum Gasteiger partial charge on any atom is 0.149 e. The molecule has 0 aromatic carbocycles. The molecule has 2 heterocycles. The SMILES string of the molecule is Nc1ccc(-c2ncccc2F)cn1. The van der Waals surface area contributed by atoms with E-state index in [1.54, 1.807) is 18.2 Å². The molecule has 0 atom stereocenters. The number of hydrogen-bond donors (Lipinski definition) is 1. The van der Waals surface area contributed by atoms with Gasteiger partial charge in [0.05, 0.1) is 0 Å². The fraction of sp³-hybridized carbons (Fsp3) is 0. The first-order valence-corrected chi connectivity index (χ1v) is 4.10. The summed E-state index contributed by atoms with van der Waals surface area (Å²) in [4.78, 5) is 7.79. The highest BCUT2D eigenvalue weighted by molar-refractivity contribution is 5.59. The molecule has 0 aliphatic rings. The Labute approximate surface area is 80.4 Å². The number of aromatic nitrogens is 2. The topological polar surface area (TPSA) is 51.8 Å². The first-order valence-electron chi connectivity index (χ1n) is 4.10. The number of pyridine rings is 2. The molecule has 14 heavy (non-hydrogen) atoms. The molecule has 4 heteroatoms. The Bertz CT molecular complexity index is 439. The predicted molar refractivity (Wildman–Crippen MR) is 51.8 cm³/mol. The molecule has 0 spiro atoms. The van der Waals surface area contributed by atoms with Crippen molar-refractivity contribution < 1.29 is 4.39 Å². The highest BCUT2D eigenvalue weighted by Crippen LogP contribution is 2.18. The highest BCUT2D eigenvalue weighted by atomic mass is 19.1. The third kappa shape index (κ3) is 1.54. The fourth-order valence-corrected chi connectivity index (χ4v) is 1.14. The Hall–Kier alpha value is -1.97. The Morgan fingerprint density at radius 3 is 2.64 bits per heavy atom. The van der Waals surface area contributed by atoms with E-state index in [4.69, 9.17) is 5.73 Å². The maximum atomic E-state index is 13.3. The van der Waals surface area contributed by atoms with Gasteiger partial charge in [-0.25, -0.2) is 9.37 Å². The van der Waals surface area contributed by atoms with E-state index < -0.39 is 0 Å². The quantitative estimate of drug-likeness (QED) is 0.744. The molecule has 0 fully saturated rings. The average Bonchev–Trinajstić information content (AvgIpc) is 2.20. The minimum absolute atomic E-state index is 0.292. The van der Waals surface area contributed by atoms with Crippen molar-refractivity contribution in [1.29, 1.82) is 0 Å². The van der Waals surface area contributed by atoms with Crippen molar-refractivity contribution >= 4 is 5.82 Å². The van der Waals surface area contributed by atoms with E-state index in [1.165, 1.54) is 18.5 Å². The number of hydrogen-bond acceptors (Lipinski definition) is 3. The largest absolute Gasteiger partial charge is 0.384 e. The summed E-state index contributed by atoms with van der Waals surface area (Å²) in [5.74, 6) is 0.0455. The second-order valence-corrected chi connectivity index (χ2v) is 2.81. The second-order valence-electron chi connectivity index (χ2n) is 2.81. The Morgan fingerprint density at radius 1 is 1.14 bits per heavy atom. The molecule has 0 saturated carbocycles. The van der Waals surface area contributed by atoms with Crippen LogP contribution in [-0.4, -0.2) is 9.97 Å². The minimum Gasteiger partial charge on any atom is -0.384 e. The summed E-state index contributed by atoms with van der Waals surface area (Å²) < 4.78 is 13.3. The molecule has 0 saturated heterocycles. The number of nitrogens with two attached hydrogens (primary N) is 1. The number of nitrogens with zero attached hydrogens (tertiary/aromatic N) is 2. The molecular formula is C10H8FN3. The van der Waals surface area contributed by atoms with Crippen molar-refractivity contribution in [2.75, 3.05) is 5.73 Å². The molecule has 3 nitrogen and oxygen atoms in total. The molecule has 2 N–H and O–H groups in total. The van der Waals surface area contributed by atoms with Gasteiger partial charge in [-0.15, -0.1) is 0 Å². The Kier molecular flexibility index (Phi) is 2.10. The molecule has 0 radical (unpaired) electrons. The average molecular weight is 189 g/mol. The zero-order valence-corrected chi connectivity index (χ0v) is 7.31. The molecular weight excluding hydrogens is 181 g/mol. The summed E-state index contributed by atoms with van der Waals surface area (Å²) in [6.07, 6.45) is 3.04. The van der Waals surface area contributed by atoms with Crippen molar-refractivity contribution in [3.8, 4) is 11.3 Å². The molecule has 0 unspecified atom stereocenters. The molecule has 70 valence electrons. The molecule has 2 aromatic heterocycles. The zero-order chi connectivity index (χ0) is 9.97. The van der Waals surface area contributed by atoms with Gasteiger partial charge in [0.1, 0.15) is 17.3 Å². The molecule has 2 aromatic rings. The van der Waals surface area contributed by atoms with Crippen molar-refractivity contribution in [2.24, 2.45) is 0 Å². The lowest BCUT2D eigenvalue weighted by Gasteiger charge is -2.01. The summed E-state index contributed by atoms with van der Waals surface area (Å²) in [6, 6.07) is 6.21. The third-order valence-corrected chi connectivity index (χ3v) is 1.82. The predicted octanol–water partition coefficient (Wildman–Crippen LogP) is 1.86. The van der Waals surface area contributed by atoms with Gasteiger partial charge in [0.15, 0.2) is 0 Å². The number of rotatable bonds is 1. The second kappa shape index (κ2) is 3.41. The van der Waals surface area contributed by atoms with Crippen LogP contribution < -0.4 is 5.73 Å². The van der Waals surface area contributed by atoms with E-state index in [0.29, 0.717) is 17.1 Å². The first kappa shape index (κ1) is 8.62. The van der Waals surface area contributed by atoms with Crippen LogP contribution in [0.5, 0.6) is 0 Å². The van der Waals surface area contributed by atoms with E-state index in [1.807, 2.05) is 0 Å². The lowest BCUT2D eigenvalue weighted by atomic mass is 10.2. The van der Waals surface area contributed by atoms with Crippen LogP contribution in [0.2, 0.25) is 0 Å². The lowest BCUT2D eigenvalue weighted by molar-refractivity contribution is 0.625. The van der Waals surface area contributed by atoms with Gasteiger partial charge in [-0.3, -0.25) is 4.98 Å². The van der Waals surface area contributed by atoms with Gasteiger partial charge in [-0.1, -0.05) is 0 Å². The lowest BCUT2D eigenvalue weighted by Crippen LogP contribution is -1.92. The van der Waals surface area contributed by atoms with Crippen molar-refractivity contribution in [1.82, 2.24) is 9.97 Å². The number of nitrogen functional groups attached to an aromatic ring is 1. The standard InChI is InChI=1S/C10H8FN3/c11-8-2-1-5-13-10(8)7-3-4-9(12)14-6-7/h1-6H,(H2,12,14). The summed E-state index contributed by atoms with van der Waals surface area (Å²) in [6.45, 7) is 0. The van der Waals surface area contributed by atoms with Crippen LogP contribution in [0.3, 0.4) is 0 Å². The van der Waals surface area contributed by atoms with Crippen LogP contribution >= 0.6 is 0 Å². The minimum atomic E-state index is -0.362. The van der Waals surface area contributed by atoms with Crippen molar-refractivity contribution in [2.45, 2.75) is 0 Å². The van der Waals surface area contributed by atoms with Crippen LogP contribution in [0, 0.1) is 5.82 Å². The fourth-order valence-electron chi connectivity index (χ4n) is 1.14. The summed E-state index contributed by atoms with van der Waals surface area (Å²) in [5, 5.41) is 0. The molecule has 0 amide bonds. The third-order valence-electron chi connectivity index (χ3n) is 1.82. The van der Waals surface area contributed by atoms with Crippen molar-refractivity contribution in [3.63, 3.8) is 0 Å². The number of halogens is 1. The van der Waals surface area contributed by atoms with E-state index in [-0.39, 0.29) is 5.82 Å². The van der Waals surface area contributed by atoms with Gasteiger partial charge in [0.2, 0.25) is 0 Å². The number of anilines is 1. The van der Waals surface area contributed by atoms with Crippen LogP contribution in [0.15, 0.2) is 36.7 Å². The Morgan fingerprint density at radius 2 is 2.00 bits per heavy atom. The monoisotopic (exact) mass is 189 g/mol. The first-order chi connectivity index (χ1) is 6.77. The Balaban J connectivity index is 2.50. The van der Waals surface area contributed by atoms with Gasteiger partial charge in [-0.2, -0.15) is 0 Å². The van der Waals surface area contributed by atoms with Gasteiger partial charge < -0.3 is 5.73 Å². The normalized spacial score (nSPS) is 10.1. The maximum absolute atomic E-state index is 13.3. The van der Waals surface area contributed by atoms with Crippen LogP contribution in [-0.2, 0) is 0 Å². The van der Waals surface area contributed by atoms with Gasteiger partial charge in [0.25, 0.3) is 0 Å². The van der Waals surface area contributed by atoms with E-state index in [9.17, 15) is 4.39 Å². The van der Waals surface area contributed by atoms with Gasteiger partial charge in [0, 0.05) is 18.0 Å². The van der Waals surface area contributed by atoms with E-state index in [2.05, 4.69) is 9.97 Å². The highest BCUT2D eigenvalue weighted by Gasteiger charge is 2.04. The molecule has 0 aliphatic heterocycles. The van der Waals surface area contributed by atoms with Gasteiger partial charge >= 0.3 is 0 Å². The summed E-state index contributed by atoms with van der Waals surface area (Å²) in [7, 11) is 0. The summed E-state index contributed by atoms with van der Waals surface area (Å²) >= 11 is 0. The van der Waals surface area contributed by atoms with Crippen LogP contribution in [0.4, 0.5) is 10.2 Å². The zero-order valence-electron chi connectivity index (χ0n) is 7.31. The van der Waals surface area contributed by atoms with Crippen LogP contribution in [0.25, 0.3) is 11.3 Å². The molecule has 0 aliphatic carbocycles. The summed E-state index contributed by atoms with van der Waals surface area (Å²) in [5.41, 5.74) is 6.33.